The molecule has 3 aromatic rings. The molecule has 0 spiro atoms. The van der Waals surface area contributed by atoms with Gasteiger partial charge in [-0.05, 0) is 37.6 Å². The van der Waals surface area contributed by atoms with Crippen LogP contribution in [0.4, 0.5) is 11.5 Å². The van der Waals surface area contributed by atoms with Crippen molar-refractivity contribution in [3.05, 3.63) is 72.1 Å². The first-order valence-electron chi connectivity index (χ1n) is 9.31. The van der Waals surface area contributed by atoms with Gasteiger partial charge in [0.05, 0.1) is 0 Å². The lowest BCUT2D eigenvalue weighted by Crippen LogP contribution is -2.46. The summed E-state index contributed by atoms with van der Waals surface area (Å²) < 4.78 is 5.95. The highest BCUT2D eigenvalue weighted by Crippen LogP contribution is 2.26. The lowest BCUT2D eigenvalue weighted by Gasteiger charge is -2.36. The molecule has 5 nitrogen and oxygen atoms in total. The Morgan fingerprint density at radius 3 is 2.26 bits per heavy atom. The highest BCUT2D eigenvalue weighted by atomic mass is 16.5. The van der Waals surface area contributed by atoms with Gasteiger partial charge in [-0.2, -0.15) is 0 Å². The van der Waals surface area contributed by atoms with Crippen LogP contribution >= 0.6 is 0 Å². The van der Waals surface area contributed by atoms with Gasteiger partial charge in [-0.25, -0.2) is 9.97 Å². The average molecular weight is 360 g/mol. The zero-order valence-electron chi connectivity index (χ0n) is 15.8. The Labute approximate surface area is 160 Å². The third kappa shape index (κ3) is 4.03. The molecule has 0 radical (unpaired) electrons. The van der Waals surface area contributed by atoms with Gasteiger partial charge < -0.3 is 14.5 Å². The van der Waals surface area contributed by atoms with Crippen molar-refractivity contribution >= 4 is 11.5 Å². The van der Waals surface area contributed by atoms with Gasteiger partial charge in [-0.15, -0.1) is 0 Å². The van der Waals surface area contributed by atoms with Crippen LogP contribution in [0.3, 0.4) is 0 Å². The number of piperazine rings is 1. The molecule has 2 heterocycles. The molecular formula is C22H24N4O. The van der Waals surface area contributed by atoms with Crippen molar-refractivity contribution in [1.29, 1.82) is 0 Å². The molecule has 27 heavy (non-hydrogen) atoms. The molecule has 4 rings (SSSR count). The maximum absolute atomic E-state index is 5.95. The first-order chi connectivity index (χ1) is 13.2. The average Bonchev–Trinajstić information content (AvgIpc) is 2.71. The number of ether oxygens (including phenoxy) is 1. The van der Waals surface area contributed by atoms with E-state index in [0.717, 1.165) is 43.3 Å². The van der Waals surface area contributed by atoms with Crippen LogP contribution in [0.2, 0.25) is 0 Å². The van der Waals surface area contributed by atoms with Crippen molar-refractivity contribution < 1.29 is 4.74 Å². The number of hydrogen-bond donors (Lipinski definition) is 0. The third-order valence-electron chi connectivity index (χ3n) is 4.94. The second-order valence-corrected chi connectivity index (χ2v) is 6.89. The fourth-order valence-corrected chi connectivity index (χ4v) is 3.29. The maximum atomic E-state index is 5.95. The molecule has 0 atom stereocenters. The summed E-state index contributed by atoms with van der Waals surface area (Å²) in [6.07, 6.45) is 1.58. The minimum atomic E-state index is 0.579. The molecule has 1 aromatic heterocycles. The van der Waals surface area contributed by atoms with Gasteiger partial charge in [0.15, 0.2) is 0 Å². The fraction of sp³-hybridized carbons (Fsp3) is 0.273. The Morgan fingerprint density at radius 1 is 0.815 bits per heavy atom. The van der Waals surface area contributed by atoms with E-state index in [4.69, 9.17) is 4.74 Å². The molecule has 0 unspecified atom stereocenters. The smallest absolute Gasteiger partial charge is 0.224 e. The molecule has 1 aliphatic heterocycles. The Hall–Kier alpha value is -3.08. The van der Waals surface area contributed by atoms with Crippen LogP contribution in [0.15, 0.2) is 60.9 Å². The topological polar surface area (TPSA) is 41.5 Å². The largest absolute Gasteiger partial charge is 0.439 e. The molecule has 0 saturated carbocycles. The minimum Gasteiger partial charge on any atom is -0.439 e. The Morgan fingerprint density at radius 2 is 1.52 bits per heavy atom. The zero-order chi connectivity index (χ0) is 18.6. The molecule has 1 aliphatic rings. The van der Waals surface area contributed by atoms with Crippen LogP contribution in [-0.4, -0.2) is 36.1 Å². The number of rotatable bonds is 4. The van der Waals surface area contributed by atoms with Crippen molar-refractivity contribution in [2.24, 2.45) is 0 Å². The first-order valence-corrected chi connectivity index (χ1v) is 9.31. The van der Waals surface area contributed by atoms with Crippen molar-refractivity contribution in [3.8, 4) is 11.6 Å². The van der Waals surface area contributed by atoms with Gasteiger partial charge in [0.25, 0.3) is 0 Å². The standard InChI is InChI=1S/C22H24N4O/c1-17-7-9-19(10-8-17)25-11-13-26(14-12-25)21-15-22(24-16-23-21)27-20-6-4-3-5-18(20)2/h3-10,15-16H,11-14H2,1-2H3. The number of aromatic nitrogens is 2. The molecular weight excluding hydrogens is 336 g/mol. The molecule has 138 valence electrons. The first kappa shape index (κ1) is 17.3. The highest BCUT2D eigenvalue weighted by molar-refractivity contribution is 5.50. The molecule has 0 N–H and O–H groups in total. The van der Waals surface area contributed by atoms with Gasteiger partial charge >= 0.3 is 0 Å². The second kappa shape index (κ2) is 7.66. The molecule has 0 bridgehead atoms. The molecule has 1 saturated heterocycles. The molecule has 5 heteroatoms. The molecule has 2 aromatic carbocycles. The van der Waals surface area contributed by atoms with E-state index in [1.54, 1.807) is 6.33 Å². The van der Waals surface area contributed by atoms with Gasteiger partial charge in [0.1, 0.15) is 17.9 Å². The van der Waals surface area contributed by atoms with E-state index in [2.05, 4.69) is 51.0 Å². The van der Waals surface area contributed by atoms with E-state index in [-0.39, 0.29) is 0 Å². The summed E-state index contributed by atoms with van der Waals surface area (Å²) in [5.41, 5.74) is 3.66. The number of anilines is 2. The predicted octanol–water partition coefficient (Wildman–Crippen LogP) is 4.21. The zero-order valence-corrected chi connectivity index (χ0v) is 15.8. The summed E-state index contributed by atoms with van der Waals surface area (Å²) in [5.74, 6) is 2.32. The number of aryl methyl sites for hydroxylation is 2. The summed E-state index contributed by atoms with van der Waals surface area (Å²) in [5, 5.41) is 0. The summed E-state index contributed by atoms with van der Waals surface area (Å²) in [4.78, 5) is 13.4. The van der Waals surface area contributed by atoms with E-state index in [9.17, 15) is 0 Å². The monoisotopic (exact) mass is 360 g/mol. The van der Waals surface area contributed by atoms with Crippen LogP contribution < -0.4 is 14.5 Å². The predicted molar refractivity (Wildman–Crippen MR) is 109 cm³/mol. The van der Waals surface area contributed by atoms with E-state index in [1.807, 2.05) is 37.3 Å². The SMILES string of the molecule is Cc1ccc(N2CCN(c3cc(Oc4ccccc4C)ncn3)CC2)cc1. The van der Waals surface area contributed by atoms with E-state index < -0.39 is 0 Å². The van der Waals surface area contributed by atoms with Gasteiger partial charge in [-0.3, -0.25) is 0 Å². The molecule has 0 amide bonds. The number of hydrogen-bond acceptors (Lipinski definition) is 5. The van der Waals surface area contributed by atoms with Crippen LogP contribution in [0, 0.1) is 13.8 Å². The fourth-order valence-electron chi connectivity index (χ4n) is 3.29. The second-order valence-electron chi connectivity index (χ2n) is 6.89. The summed E-state index contributed by atoms with van der Waals surface area (Å²) in [6.45, 7) is 7.95. The van der Waals surface area contributed by atoms with Crippen LogP contribution in [0.5, 0.6) is 11.6 Å². The third-order valence-corrected chi connectivity index (χ3v) is 4.94. The van der Waals surface area contributed by atoms with Crippen LogP contribution in [-0.2, 0) is 0 Å². The normalized spacial score (nSPS) is 14.3. The van der Waals surface area contributed by atoms with Crippen LogP contribution in [0.25, 0.3) is 0 Å². The van der Waals surface area contributed by atoms with E-state index in [0.29, 0.717) is 5.88 Å². The van der Waals surface area contributed by atoms with Gasteiger partial charge in [-0.1, -0.05) is 35.9 Å². The summed E-state index contributed by atoms with van der Waals surface area (Å²) >= 11 is 0. The Balaban J connectivity index is 1.43. The summed E-state index contributed by atoms with van der Waals surface area (Å²) in [6, 6.07) is 18.6. The number of para-hydroxylation sites is 1. The van der Waals surface area contributed by atoms with Gasteiger partial charge in [0.2, 0.25) is 5.88 Å². The minimum absolute atomic E-state index is 0.579. The van der Waals surface area contributed by atoms with E-state index >= 15 is 0 Å². The maximum Gasteiger partial charge on any atom is 0.224 e. The lowest BCUT2D eigenvalue weighted by molar-refractivity contribution is 0.457. The van der Waals surface area contributed by atoms with E-state index in [1.165, 1.54) is 11.3 Å². The van der Waals surface area contributed by atoms with Crippen molar-refractivity contribution in [2.75, 3.05) is 36.0 Å². The number of nitrogens with zero attached hydrogens (tertiary/aromatic N) is 4. The molecule has 0 aliphatic carbocycles. The summed E-state index contributed by atoms with van der Waals surface area (Å²) in [7, 11) is 0. The quantitative estimate of drug-likeness (QED) is 0.697. The Kier molecular flexibility index (Phi) is 4.92. The van der Waals surface area contributed by atoms with Gasteiger partial charge in [0, 0.05) is 37.9 Å². The van der Waals surface area contributed by atoms with Crippen LogP contribution in [0.1, 0.15) is 11.1 Å². The Bertz CT molecular complexity index is 902. The highest BCUT2D eigenvalue weighted by Gasteiger charge is 2.19. The molecule has 1 fully saturated rings. The van der Waals surface area contributed by atoms with Crippen molar-refractivity contribution in [3.63, 3.8) is 0 Å². The lowest BCUT2D eigenvalue weighted by atomic mass is 10.2. The number of benzene rings is 2. The van der Waals surface area contributed by atoms with Crippen molar-refractivity contribution in [2.45, 2.75) is 13.8 Å². The van der Waals surface area contributed by atoms with Crippen molar-refractivity contribution in [1.82, 2.24) is 9.97 Å².